The van der Waals surface area contributed by atoms with E-state index in [4.69, 9.17) is 4.74 Å². The molecule has 0 aliphatic rings. The van der Waals surface area contributed by atoms with Gasteiger partial charge in [-0.1, -0.05) is 71.6 Å². The van der Waals surface area contributed by atoms with Crippen molar-refractivity contribution in [2.24, 2.45) is 0 Å². The van der Waals surface area contributed by atoms with Crippen LogP contribution in [0.25, 0.3) is 0 Å². The molecule has 0 unspecified atom stereocenters. The number of unbranched alkanes of at least 4 members (excludes halogenated alkanes) is 9. The molecule has 2 nitrogen and oxygen atoms in total. The summed E-state index contributed by atoms with van der Waals surface area (Å²) >= 11 is 0. The lowest BCUT2D eigenvalue weighted by atomic mass is 10.1. The molecule has 0 aromatic carbocycles. The average molecular weight is 271 g/mol. The second-order valence-corrected chi connectivity index (χ2v) is 5.54. The standard InChI is InChI=1S/C17H37NO/c1-3-5-7-8-9-10-11-12-13-16-19-17-15-18-14-6-4-2/h18H,3-17H2,1-2H3. The molecule has 0 heterocycles. The number of hydrogen-bond acceptors (Lipinski definition) is 2. The molecule has 0 fully saturated rings. The lowest BCUT2D eigenvalue weighted by Crippen LogP contribution is -2.20. The fourth-order valence-electron chi connectivity index (χ4n) is 2.19. The normalized spacial score (nSPS) is 11.1. The first kappa shape index (κ1) is 18.9. The summed E-state index contributed by atoms with van der Waals surface area (Å²) in [5.74, 6) is 0. The molecule has 0 spiro atoms. The first-order valence-corrected chi connectivity index (χ1v) is 8.70. The van der Waals surface area contributed by atoms with Gasteiger partial charge in [-0.15, -0.1) is 0 Å². The van der Waals surface area contributed by atoms with Crippen molar-refractivity contribution in [2.75, 3.05) is 26.3 Å². The Morgan fingerprint density at radius 1 is 0.579 bits per heavy atom. The molecular weight excluding hydrogens is 234 g/mol. The van der Waals surface area contributed by atoms with E-state index in [9.17, 15) is 0 Å². The van der Waals surface area contributed by atoms with Gasteiger partial charge >= 0.3 is 0 Å². The zero-order valence-corrected chi connectivity index (χ0v) is 13.5. The highest BCUT2D eigenvalue weighted by Gasteiger charge is 1.93. The summed E-state index contributed by atoms with van der Waals surface area (Å²) in [6, 6.07) is 0. The van der Waals surface area contributed by atoms with Gasteiger partial charge in [0.1, 0.15) is 0 Å². The van der Waals surface area contributed by atoms with E-state index in [-0.39, 0.29) is 0 Å². The molecule has 0 amide bonds. The van der Waals surface area contributed by atoms with Crippen LogP contribution in [0.15, 0.2) is 0 Å². The maximum atomic E-state index is 5.61. The molecule has 0 atom stereocenters. The van der Waals surface area contributed by atoms with Crippen LogP contribution in [0.4, 0.5) is 0 Å². The second kappa shape index (κ2) is 17.9. The largest absolute Gasteiger partial charge is 0.380 e. The van der Waals surface area contributed by atoms with Crippen LogP contribution in [0.2, 0.25) is 0 Å². The SMILES string of the molecule is CCCCCCCCCCCOCCNCCCC. The summed E-state index contributed by atoms with van der Waals surface area (Å²) in [5, 5.41) is 3.40. The van der Waals surface area contributed by atoms with Gasteiger partial charge < -0.3 is 10.1 Å². The van der Waals surface area contributed by atoms with E-state index in [1.165, 1.54) is 70.6 Å². The topological polar surface area (TPSA) is 21.3 Å². The molecule has 0 radical (unpaired) electrons. The predicted octanol–water partition coefficient (Wildman–Crippen LogP) is 4.92. The molecule has 0 aliphatic heterocycles. The smallest absolute Gasteiger partial charge is 0.0590 e. The minimum Gasteiger partial charge on any atom is -0.380 e. The van der Waals surface area contributed by atoms with Gasteiger partial charge in [0.05, 0.1) is 6.61 Å². The van der Waals surface area contributed by atoms with Crippen LogP contribution in [0.3, 0.4) is 0 Å². The van der Waals surface area contributed by atoms with Gasteiger partial charge in [-0.25, -0.2) is 0 Å². The van der Waals surface area contributed by atoms with Gasteiger partial charge in [0, 0.05) is 13.2 Å². The second-order valence-electron chi connectivity index (χ2n) is 5.54. The van der Waals surface area contributed by atoms with Crippen molar-refractivity contribution in [3.05, 3.63) is 0 Å². The van der Waals surface area contributed by atoms with E-state index in [1.807, 2.05) is 0 Å². The number of hydrogen-bond donors (Lipinski definition) is 1. The zero-order valence-electron chi connectivity index (χ0n) is 13.5. The Balaban J connectivity index is 2.88. The summed E-state index contributed by atoms with van der Waals surface area (Å²) in [5.41, 5.74) is 0. The molecule has 0 aromatic rings. The fourth-order valence-corrected chi connectivity index (χ4v) is 2.19. The van der Waals surface area contributed by atoms with Gasteiger partial charge in [-0.2, -0.15) is 0 Å². The van der Waals surface area contributed by atoms with Crippen LogP contribution in [0.1, 0.15) is 84.5 Å². The fraction of sp³-hybridized carbons (Fsp3) is 1.00. The Kier molecular flexibility index (Phi) is 17.8. The molecular formula is C17H37NO. The van der Waals surface area contributed by atoms with Crippen molar-refractivity contribution in [1.82, 2.24) is 5.32 Å². The van der Waals surface area contributed by atoms with Gasteiger partial charge in [-0.3, -0.25) is 0 Å². The van der Waals surface area contributed by atoms with E-state index in [0.717, 1.165) is 26.3 Å². The molecule has 0 rings (SSSR count). The van der Waals surface area contributed by atoms with E-state index in [0.29, 0.717) is 0 Å². The highest BCUT2D eigenvalue weighted by atomic mass is 16.5. The van der Waals surface area contributed by atoms with Crippen molar-refractivity contribution in [2.45, 2.75) is 84.5 Å². The van der Waals surface area contributed by atoms with E-state index >= 15 is 0 Å². The molecule has 2 heteroatoms. The minimum absolute atomic E-state index is 0.876. The average Bonchev–Trinajstić information content (AvgIpc) is 2.43. The highest BCUT2D eigenvalue weighted by Crippen LogP contribution is 2.09. The predicted molar refractivity (Wildman–Crippen MR) is 85.8 cm³/mol. The maximum Gasteiger partial charge on any atom is 0.0590 e. The van der Waals surface area contributed by atoms with Crippen molar-refractivity contribution in [3.63, 3.8) is 0 Å². The number of ether oxygens (including phenoxy) is 1. The maximum absolute atomic E-state index is 5.61. The van der Waals surface area contributed by atoms with Gasteiger partial charge in [0.2, 0.25) is 0 Å². The molecule has 0 saturated carbocycles. The van der Waals surface area contributed by atoms with Crippen LogP contribution in [-0.2, 0) is 4.74 Å². The summed E-state index contributed by atoms with van der Waals surface area (Å²) in [4.78, 5) is 0. The van der Waals surface area contributed by atoms with Crippen molar-refractivity contribution in [3.8, 4) is 0 Å². The number of nitrogens with one attached hydrogen (secondary N) is 1. The van der Waals surface area contributed by atoms with Crippen LogP contribution < -0.4 is 5.32 Å². The van der Waals surface area contributed by atoms with E-state index < -0.39 is 0 Å². The van der Waals surface area contributed by atoms with Gasteiger partial charge in [-0.05, 0) is 19.4 Å². The van der Waals surface area contributed by atoms with E-state index in [2.05, 4.69) is 19.2 Å². The molecule has 0 bridgehead atoms. The Hall–Kier alpha value is -0.0800. The summed E-state index contributed by atoms with van der Waals surface area (Å²) in [6.07, 6.45) is 15.0. The Bertz CT molecular complexity index is 134. The summed E-state index contributed by atoms with van der Waals surface area (Å²) < 4.78 is 5.61. The third-order valence-corrected chi connectivity index (χ3v) is 3.52. The molecule has 19 heavy (non-hydrogen) atoms. The Morgan fingerprint density at radius 3 is 1.79 bits per heavy atom. The minimum atomic E-state index is 0.876. The first-order chi connectivity index (χ1) is 9.41. The molecule has 1 N–H and O–H groups in total. The van der Waals surface area contributed by atoms with Crippen LogP contribution in [-0.4, -0.2) is 26.3 Å². The quantitative estimate of drug-likeness (QED) is 0.402. The van der Waals surface area contributed by atoms with Crippen LogP contribution in [0, 0.1) is 0 Å². The lowest BCUT2D eigenvalue weighted by Gasteiger charge is -2.06. The Labute approximate surface area is 121 Å². The lowest BCUT2D eigenvalue weighted by molar-refractivity contribution is 0.131. The molecule has 0 saturated heterocycles. The van der Waals surface area contributed by atoms with Crippen molar-refractivity contribution < 1.29 is 4.74 Å². The van der Waals surface area contributed by atoms with Gasteiger partial charge in [0.25, 0.3) is 0 Å². The Morgan fingerprint density at radius 2 is 1.16 bits per heavy atom. The van der Waals surface area contributed by atoms with Crippen LogP contribution >= 0.6 is 0 Å². The molecule has 0 aromatic heterocycles. The third-order valence-electron chi connectivity index (χ3n) is 3.52. The first-order valence-electron chi connectivity index (χ1n) is 8.70. The zero-order chi connectivity index (χ0) is 14.0. The molecule has 0 aliphatic carbocycles. The highest BCUT2D eigenvalue weighted by molar-refractivity contribution is 4.48. The van der Waals surface area contributed by atoms with E-state index in [1.54, 1.807) is 0 Å². The van der Waals surface area contributed by atoms with Crippen LogP contribution in [0.5, 0.6) is 0 Å². The molecule has 116 valence electrons. The third kappa shape index (κ3) is 17.9. The van der Waals surface area contributed by atoms with Crippen molar-refractivity contribution in [1.29, 1.82) is 0 Å². The van der Waals surface area contributed by atoms with Crippen molar-refractivity contribution >= 4 is 0 Å². The monoisotopic (exact) mass is 271 g/mol. The summed E-state index contributed by atoms with van der Waals surface area (Å²) in [6.45, 7) is 8.47. The summed E-state index contributed by atoms with van der Waals surface area (Å²) in [7, 11) is 0. The van der Waals surface area contributed by atoms with Gasteiger partial charge in [0.15, 0.2) is 0 Å². The number of rotatable bonds is 16.